The van der Waals surface area contributed by atoms with Gasteiger partial charge in [-0.05, 0) is 50.7 Å². The molecular weight excluding hydrogens is 358 g/mol. The fourth-order valence-corrected chi connectivity index (χ4v) is 3.46. The number of benzene rings is 1. The normalized spacial score (nSPS) is 15.8. The number of esters is 1. The van der Waals surface area contributed by atoms with Gasteiger partial charge in [0.2, 0.25) is 0 Å². The second-order valence-electron chi connectivity index (χ2n) is 7.53. The first-order chi connectivity index (χ1) is 13.3. The minimum absolute atomic E-state index is 0.105. The summed E-state index contributed by atoms with van der Waals surface area (Å²) in [5, 5.41) is 5.41. The van der Waals surface area contributed by atoms with Crippen molar-refractivity contribution in [2.45, 2.75) is 46.1 Å². The smallest absolute Gasteiger partial charge is 0.339 e. The van der Waals surface area contributed by atoms with Gasteiger partial charge in [0, 0.05) is 17.1 Å². The number of carbonyl (C=O) groups excluding carboxylic acids is 3. The molecule has 1 aromatic carbocycles. The van der Waals surface area contributed by atoms with Crippen LogP contribution in [0.5, 0.6) is 0 Å². The average molecular weight is 383 g/mol. The molecule has 0 saturated carbocycles. The number of nitrogens with one attached hydrogen (secondary N) is 2. The molecule has 0 bridgehead atoms. The highest BCUT2D eigenvalue weighted by Crippen LogP contribution is 2.31. The number of fused-ring (bicyclic) bond motifs is 2. The fourth-order valence-electron chi connectivity index (χ4n) is 3.46. The van der Waals surface area contributed by atoms with Crippen LogP contribution in [0.4, 0.5) is 4.79 Å². The number of carbonyl (C=O) groups is 3. The van der Waals surface area contributed by atoms with Crippen molar-refractivity contribution in [2.75, 3.05) is 6.61 Å². The van der Waals surface area contributed by atoms with Gasteiger partial charge in [-0.15, -0.1) is 0 Å². The van der Waals surface area contributed by atoms with Crippen molar-refractivity contribution in [3.63, 3.8) is 0 Å². The van der Waals surface area contributed by atoms with E-state index < -0.39 is 24.5 Å². The van der Waals surface area contributed by atoms with Crippen molar-refractivity contribution in [1.29, 1.82) is 0 Å². The van der Waals surface area contributed by atoms with Crippen LogP contribution in [0, 0.1) is 5.92 Å². The maximum Gasteiger partial charge on any atom is 0.339 e. The third-order valence-corrected chi connectivity index (χ3v) is 4.72. The SMILES string of the molecule is CC(C)NC(=O)NC(=O)COC(=O)c1c2c(nc3ccccc13)CC[C@@H](C)C2. The fraction of sp³-hybridized carbons (Fsp3) is 0.429. The molecule has 0 spiro atoms. The molecule has 1 aliphatic carbocycles. The number of hydrogen-bond acceptors (Lipinski definition) is 5. The van der Waals surface area contributed by atoms with Crippen molar-refractivity contribution in [1.82, 2.24) is 15.6 Å². The molecule has 2 aromatic rings. The Labute approximate surface area is 163 Å². The summed E-state index contributed by atoms with van der Waals surface area (Å²) in [4.78, 5) is 41.1. The van der Waals surface area contributed by atoms with Crippen molar-refractivity contribution in [3.8, 4) is 0 Å². The van der Waals surface area contributed by atoms with Crippen molar-refractivity contribution >= 4 is 28.8 Å². The third-order valence-electron chi connectivity index (χ3n) is 4.72. The Hall–Kier alpha value is -2.96. The first kappa shape index (κ1) is 19.8. The Balaban J connectivity index is 1.80. The average Bonchev–Trinajstić information content (AvgIpc) is 2.63. The molecule has 0 radical (unpaired) electrons. The van der Waals surface area contributed by atoms with Gasteiger partial charge < -0.3 is 10.1 Å². The Kier molecular flexibility index (Phi) is 5.92. The Morgan fingerprint density at radius 2 is 2.00 bits per heavy atom. The lowest BCUT2D eigenvalue weighted by Gasteiger charge is -2.24. The van der Waals surface area contributed by atoms with Crippen LogP contribution in [0.3, 0.4) is 0 Å². The van der Waals surface area contributed by atoms with Gasteiger partial charge in [-0.25, -0.2) is 9.59 Å². The predicted octanol–water partition coefficient (Wildman–Crippen LogP) is 2.75. The molecule has 7 heteroatoms. The zero-order chi connectivity index (χ0) is 20.3. The highest BCUT2D eigenvalue weighted by atomic mass is 16.5. The Bertz CT molecular complexity index is 923. The van der Waals surface area contributed by atoms with Gasteiger partial charge in [-0.2, -0.15) is 0 Å². The van der Waals surface area contributed by atoms with Gasteiger partial charge in [-0.3, -0.25) is 15.1 Å². The van der Waals surface area contributed by atoms with E-state index in [2.05, 4.69) is 17.6 Å². The number of imide groups is 1. The maximum absolute atomic E-state index is 12.9. The molecule has 1 atom stereocenters. The van der Waals surface area contributed by atoms with Gasteiger partial charge in [0.1, 0.15) is 0 Å². The lowest BCUT2D eigenvalue weighted by atomic mass is 9.84. The van der Waals surface area contributed by atoms with E-state index in [1.807, 2.05) is 24.3 Å². The van der Waals surface area contributed by atoms with Crippen LogP contribution in [0.2, 0.25) is 0 Å². The number of hydrogen-bond donors (Lipinski definition) is 2. The van der Waals surface area contributed by atoms with E-state index in [1.165, 1.54) is 0 Å². The number of urea groups is 1. The molecule has 148 valence electrons. The minimum Gasteiger partial charge on any atom is -0.452 e. The lowest BCUT2D eigenvalue weighted by molar-refractivity contribution is -0.123. The van der Waals surface area contributed by atoms with Crippen LogP contribution in [0.1, 0.15) is 48.8 Å². The molecule has 3 rings (SSSR count). The van der Waals surface area contributed by atoms with Gasteiger partial charge in [0.05, 0.1) is 11.1 Å². The number of rotatable bonds is 4. The summed E-state index contributed by atoms with van der Waals surface area (Å²) in [7, 11) is 0. The Morgan fingerprint density at radius 3 is 2.75 bits per heavy atom. The molecule has 7 nitrogen and oxygen atoms in total. The summed E-state index contributed by atoms with van der Waals surface area (Å²) in [6.45, 7) is 5.19. The van der Waals surface area contributed by atoms with Crippen molar-refractivity contribution in [3.05, 3.63) is 41.1 Å². The van der Waals surface area contributed by atoms with E-state index in [4.69, 9.17) is 9.72 Å². The number of ether oxygens (including phenoxy) is 1. The van der Waals surface area contributed by atoms with Crippen LogP contribution in [-0.4, -0.2) is 35.5 Å². The molecule has 0 unspecified atom stereocenters. The molecule has 1 aromatic heterocycles. The third kappa shape index (κ3) is 4.47. The molecule has 2 N–H and O–H groups in total. The largest absolute Gasteiger partial charge is 0.452 e. The van der Waals surface area contributed by atoms with Gasteiger partial charge >= 0.3 is 12.0 Å². The van der Waals surface area contributed by atoms with E-state index in [0.29, 0.717) is 11.5 Å². The number of amides is 3. The van der Waals surface area contributed by atoms with E-state index in [-0.39, 0.29) is 6.04 Å². The van der Waals surface area contributed by atoms with Crippen LogP contribution < -0.4 is 10.6 Å². The van der Waals surface area contributed by atoms with Crippen molar-refractivity contribution in [2.24, 2.45) is 5.92 Å². The van der Waals surface area contributed by atoms with Crippen molar-refractivity contribution < 1.29 is 19.1 Å². The number of aryl methyl sites for hydroxylation is 1. The topological polar surface area (TPSA) is 97.4 Å². The lowest BCUT2D eigenvalue weighted by Crippen LogP contribution is -2.44. The quantitative estimate of drug-likeness (QED) is 0.791. The van der Waals surface area contributed by atoms with E-state index >= 15 is 0 Å². The maximum atomic E-state index is 12.9. The second-order valence-corrected chi connectivity index (χ2v) is 7.53. The summed E-state index contributed by atoms with van der Waals surface area (Å²) in [6.07, 6.45) is 2.60. The van der Waals surface area contributed by atoms with E-state index in [9.17, 15) is 14.4 Å². The van der Waals surface area contributed by atoms with Crippen LogP contribution in [0.15, 0.2) is 24.3 Å². The number of pyridine rings is 1. The number of aromatic nitrogens is 1. The van der Waals surface area contributed by atoms with E-state index in [0.717, 1.165) is 41.4 Å². The van der Waals surface area contributed by atoms with Crippen LogP contribution >= 0.6 is 0 Å². The van der Waals surface area contributed by atoms with Crippen LogP contribution in [-0.2, 0) is 22.4 Å². The summed E-state index contributed by atoms with van der Waals surface area (Å²) in [5.74, 6) is -0.791. The summed E-state index contributed by atoms with van der Waals surface area (Å²) < 4.78 is 5.25. The number of nitrogens with zero attached hydrogens (tertiary/aromatic N) is 1. The number of para-hydroxylation sites is 1. The van der Waals surface area contributed by atoms with E-state index in [1.54, 1.807) is 13.8 Å². The zero-order valence-corrected chi connectivity index (χ0v) is 16.4. The van der Waals surface area contributed by atoms with Gasteiger partial charge in [0.25, 0.3) is 5.91 Å². The first-order valence-corrected chi connectivity index (χ1v) is 9.53. The zero-order valence-electron chi connectivity index (χ0n) is 16.4. The highest BCUT2D eigenvalue weighted by molar-refractivity contribution is 6.06. The van der Waals surface area contributed by atoms with Gasteiger partial charge in [0.15, 0.2) is 6.61 Å². The minimum atomic E-state index is -0.674. The molecule has 0 saturated heterocycles. The summed E-state index contributed by atoms with van der Waals surface area (Å²) in [5.41, 5.74) is 3.04. The Morgan fingerprint density at radius 1 is 1.25 bits per heavy atom. The predicted molar refractivity (Wildman–Crippen MR) is 105 cm³/mol. The van der Waals surface area contributed by atoms with Gasteiger partial charge in [-0.1, -0.05) is 25.1 Å². The molecule has 1 aliphatic rings. The standard InChI is InChI=1S/C21H25N3O4/c1-12(2)22-21(27)24-18(25)11-28-20(26)19-14-6-4-5-7-16(14)23-17-9-8-13(3)10-15(17)19/h4-7,12-13H,8-11H2,1-3H3,(H2,22,24,25,27)/t13-/m1/s1. The monoisotopic (exact) mass is 383 g/mol. The molecule has 3 amide bonds. The second kappa shape index (κ2) is 8.37. The summed E-state index contributed by atoms with van der Waals surface area (Å²) >= 11 is 0. The summed E-state index contributed by atoms with van der Waals surface area (Å²) in [6, 6.07) is 6.72. The molecule has 0 fully saturated rings. The molecule has 1 heterocycles. The van der Waals surface area contributed by atoms with Crippen LogP contribution in [0.25, 0.3) is 10.9 Å². The molecular formula is C21H25N3O4. The first-order valence-electron chi connectivity index (χ1n) is 9.53. The molecule has 28 heavy (non-hydrogen) atoms. The molecule has 0 aliphatic heterocycles. The highest BCUT2D eigenvalue weighted by Gasteiger charge is 2.26.